The van der Waals surface area contributed by atoms with Crippen molar-refractivity contribution in [3.8, 4) is 0 Å². The van der Waals surface area contributed by atoms with Gasteiger partial charge in [0.25, 0.3) is 0 Å². The lowest BCUT2D eigenvalue weighted by molar-refractivity contribution is -0.122. The molecule has 1 unspecified atom stereocenters. The molecule has 0 saturated heterocycles. The van der Waals surface area contributed by atoms with Gasteiger partial charge in [-0.15, -0.1) is 0 Å². The summed E-state index contributed by atoms with van der Waals surface area (Å²) in [7, 11) is 1.60. The maximum Gasteiger partial charge on any atom is 0.236 e. The van der Waals surface area contributed by atoms with Gasteiger partial charge in [-0.05, 0) is 18.6 Å². The number of hydrogen-bond acceptors (Lipinski definition) is 3. The number of rotatable bonds is 7. The van der Waals surface area contributed by atoms with Crippen molar-refractivity contribution in [1.29, 1.82) is 0 Å². The fourth-order valence-corrected chi connectivity index (χ4v) is 1.63. The third-order valence-corrected chi connectivity index (χ3v) is 2.92. The van der Waals surface area contributed by atoms with Crippen molar-refractivity contribution in [2.75, 3.05) is 20.3 Å². The molecular weight excluding hydrogens is 252 g/mol. The van der Waals surface area contributed by atoms with Crippen LogP contribution in [0.2, 0.25) is 5.02 Å². The first-order valence-corrected chi connectivity index (χ1v) is 6.26. The molecule has 18 heavy (non-hydrogen) atoms. The maximum absolute atomic E-state index is 11.7. The van der Waals surface area contributed by atoms with Crippen molar-refractivity contribution in [3.63, 3.8) is 0 Å². The van der Waals surface area contributed by atoms with E-state index in [0.29, 0.717) is 24.7 Å². The summed E-state index contributed by atoms with van der Waals surface area (Å²) in [5.74, 6) is -0.0425. The third kappa shape index (κ3) is 5.04. The Morgan fingerprint density at radius 2 is 2.17 bits per heavy atom. The van der Waals surface area contributed by atoms with Crippen molar-refractivity contribution in [2.24, 2.45) is 0 Å². The van der Waals surface area contributed by atoms with Crippen LogP contribution < -0.4 is 10.6 Å². The fraction of sp³-hybridized carbons (Fsp3) is 0.462. The Hall–Kier alpha value is -1.10. The lowest BCUT2D eigenvalue weighted by atomic mass is 10.2. The van der Waals surface area contributed by atoms with Gasteiger partial charge in [0.2, 0.25) is 5.91 Å². The smallest absolute Gasteiger partial charge is 0.236 e. The number of ether oxygens (including phenoxy) is 1. The Balaban J connectivity index is 2.34. The van der Waals surface area contributed by atoms with Crippen LogP contribution >= 0.6 is 11.6 Å². The van der Waals surface area contributed by atoms with E-state index in [1.54, 1.807) is 7.11 Å². The predicted octanol–water partition coefficient (Wildman–Crippen LogP) is 1.58. The van der Waals surface area contributed by atoms with Crippen LogP contribution in [0, 0.1) is 0 Å². The minimum Gasteiger partial charge on any atom is -0.383 e. The SMILES string of the molecule is COCCNC(=O)C(C)NCc1ccccc1Cl. The van der Waals surface area contributed by atoms with Crippen LogP contribution in [0.1, 0.15) is 12.5 Å². The maximum atomic E-state index is 11.7. The van der Waals surface area contributed by atoms with E-state index in [-0.39, 0.29) is 11.9 Å². The van der Waals surface area contributed by atoms with Crippen LogP contribution in [-0.2, 0) is 16.1 Å². The van der Waals surface area contributed by atoms with Gasteiger partial charge >= 0.3 is 0 Å². The van der Waals surface area contributed by atoms with Crippen LogP contribution in [0.25, 0.3) is 0 Å². The van der Waals surface area contributed by atoms with E-state index in [0.717, 1.165) is 5.56 Å². The second kappa shape index (κ2) is 8.08. The first-order valence-electron chi connectivity index (χ1n) is 5.88. The summed E-state index contributed by atoms with van der Waals surface area (Å²) in [4.78, 5) is 11.7. The summed E-state index contributed by atoms with van der Waals surface area (Å²) < 4.78 is 4.86. The van der Waals surface area contributed by atoms with Crippen molar-refractivity contribution < 1.29 is 9.53 Å². The molecule has 0 bridgehead atoms. The molecular formula is C13H19ClN2O2. The largest absolute Gasteiger partial charge is 0.383 e. The summed E-state index contributed by atoms with van der Waals surface area (Å²) in [6.45, 7) is 3.42. The van der Waals surface area contributed by atoms with Gasteiger partial charge in [-0.3, -0.25) is 4.79 Å². The van der Waals surface area contributed by atoms with Gasteiger partial charge in [-0.1, -0.05) is 29.8 Å². The summed E-state index contributed by atoms with van der Waals surface area (Å²) in [5.41, 5.74) is 0.982. The van der Waals surface area contributed by atoms with Gasteiger partial charge in [0, 0.05) is 25.2 Å². The Morgan fingerprint density at radius 3 is 2.83 bits per heavy atom. The number of carbonyl (C=O) groups excluding carboxylic acids is 1. The van der Waals surface area contributed by atoms with Gasteiger partial charge in [-0.25, -0.2) is 0 Å². The van der Waals surface area contributed by atoms with E-state index in [1.165, 1.54) is 0 Å². The molecule has 1 aromatic carbocycles. The lowest BCUT2D eigenvalue weighted by Crippen LogP contribution is -2.42. The molecule has 0 spiro atoms. The highest BCUT2D eigenvalue weighted by atomic mass is 35.5. The molecule has 0 fully saturated rings. The molecule has 0 aliphatic heterocycles. The summed E-state index contributed by atoms with van der Waals surface area (Å²) in [5, 5.41) is 6.61. The standard InChI is InChI=1S/C13H19ClN2O2/c1-10(13(17)15-7-8-18-2)16-9-11-5-3-4-6-12(11)14/h3-6,10,16H,7-9H2,1-2H3,(H,15,17). The molecule has 0 heterocycles. The van der Waals surface area contributed by atoms with E-state index in [9.17, 15) is 4.79 Å². The first kappa shape index (κ1) is 15.0. The fourth-order valence-electron chi connectivity index (χ4n) is 1.43. The zero-order chi connectivity index (χ0) is 13.4. The first-order chi connectivity index (χ1) is 8.65. The molecule has 0 radical (unpaired) electrons. The van der Waals surface area contributed by atoms with Gasteiger partial charge in [0.05, 0.1) is 12.6 Å². The molecule has 0 saturated carbocycles. The van der Waals surface area contributed by atoms with Gasteiger partial charge < -0.3 is 15.4 Å². The van der Waals surface area contributed by atoms with Crippen LogP contribution in [0.3, 0.4) is 0 Å². The Kier molecular flexibility index (Phi) is 6.72. The zero-order valence-corrected chi connectivity index (χ0v) is 11.5. The quantitative estimate of drug-likeness (QED) is 0.740. The molecule has 4 nitrogen and oxygen atoms in total. The van der Waals surface area contributed by atoms with E-state index in [2.05, 4.69) is 10.6 Å². The van der Waals surface area contributed by atoms with E-state index in [4.69, 9.17) is 16.3 Å². The molecule has 5 heteroatoms. The van der Waals surface area contributed by atoms with Crippen molar-refractivity contribution in [2.45, 2.75) is 19.5 Å². The summed E-state index contributed by atoms with van der Waals surface area (Å²) in [6, 6.07) is 7.31. The number of amides is 1. The molecule has 1 rings (SSSR count). The molecule has 1 aromatic rings. The van der Waals surface area contributed by atoms with Crippen molar-refractivity contribution in [3.05, 3.63) is 34.9 Å². The van der Waals surface area contributed by atoms with E-state index >= 15 is 0 Å². The molecule has 0 aliphatic carbocycles. The summed E-state index contributed by atoms with van der Waals surface area (Å²) in [6.07, 6.45) is 0. The van der Waals surface area contributed by atoms with Crippen LogP contribution in [0.15, 0.2) is 24.3 Å². The number of methoxy groups -OCH3 is 1. The second-order valence-electron chi connectivity index (χ2n) is 3.98. The van der Waals surface area contributed by atoms with Crippen LogP contribution in [0.4, 0.5) is 0 Å². The third-order valence-electron chi connectivity index (χ3n) is 2.56. The Bertz CT molecular complexity index is 385. The number of hydrogen-bond donors (Lipinski definition) is 2. The predicted molar refractivity (Wildman–Crippen MR) is 72.6 cm³/mol. The molecule has 1 atom stereocenters. The average molecular weight is 271 g/mol. The number of halogens is 1. The van der Waals surface area contributed by atoms with Gasteiger partial charge in [-0.2, -0.15) is 0 Å². The van der Waals surface area contributed by atoms with E-state index in [1.807, 2.05) is 31.2 Å². The highest BCUT2D eigenvalue weighted by Crippen LogP contribution is 2.14. The zero-order valence-electron chi connectivity index (χ0n) is 10.7. The molecule has 0 aromatic heterocycles. The molecule has 1 amide bonds. The Labute approximate surface area is 113 Å². The van der Waals surface area contributed by atoms with Crippen molar-refractivity contribution in [1.82, 2.24) is 10.6 Å². The van der Waals surface area contributed by atoms with Crippen LogP contribution in [0.5, 0.6) is 0 Å². The van der Waals surface area contributed by atoms with Gasteiger partial charge in [0.1, 0.15) is 0 Å². The van der Waals surface area contributed by atoms with Gasteiger partial charge in [0.15, 0.2) is 0 Å². The van der Waals surface area contributed by atoms with E-state index < -0.39 is 0 Å². The van der Waals surface area contributed by atoms with Crippen molar-refractivity contribution >= 4 is 17.5 Å². The molecule has 100 valence electrons. The minimum atomic E-state index is -0.266. The molecule has 2 N–H and O–H groups in total. The number of carbonyl (C=O) groups is 1. The van der Waals surface area contributed by atoms with Crippen LogP contribution in [-0.4, -0.2) is 32.2 Å². The topological polar surface area (TPSA) is 50.4 Å². The number of nitrogens with one attached hydrogen (secondary N) is 2. The monoisotopic (exact) mass is 270 g/mol. The normalized spacial score (nSPS) is 12.2. The summed E-state index contributed by atoms with van der Waals surface area (Å²) >= 11 is 6.03. The lowest BCUT2D eigenvalue weighted by Gasteiger charge is -2.14. The Morgan fingerprint density at radius 1 is 1.44 bits per heavy atom. The molecule has 0 aliphatic rings. The highest BCUT2D eigenvalue weighted by molar-refractivity contribution is 6.31. The minimum absolute atomic E-state index is 0.0425. The number of benzene rings is 1. The second-order valence-corrected chi connectivity index (χ2v) is 4.39. The average Bonchev–Trinajstić information content (AvgIpc) is 2.37. The highest BCUT2D eigenvalue weighted by Gasteiger charge is 2.11.